The van der Waals surface area contributed by atoms with Gasteiger partial charge in [-0.2, -0.15) is 0 Å². The van der Waals surface area contributed by atoms with Crippen LogP contribution in [0.3, 0.4) is 0 Å². The second-order valence-electron chi connectivity index (χ2n) is 4.53. The van der Waals surface area contributed by atoms with E-state index in [0.29, 0.717) is 6.04 Å². The van der Waals surface area contributed by atoms with Crippen LogP contribution in [0.15, 0.2) is 23.1 Å². The minimum Gasteiger partial charge on any atom is -0.310 e. The molecule has 1 N–H and O–H groups in total. The monoisotopic (exact) mass is 269 g/mol. The Kier molecular flexibility index (Phi) is 5.20. The largest absolute Gasteiger partial charge is 0.310 e. The van der Waals surface area contributed by atoms with Crippen LogP contribution < -0.4 is 5.32 Å². The molecule has 1 aliphatic heterocycles. The Bertz CT molecular complexity index is 367. The minimum absolute atomic E-state index is 0.502. The third-order valence-corrected chi connectivity index (χ3v) is 4.54. The summed E-state index contributed by atoms with van der Waals surface area (Å²) < 4.78 is 0. The zero-order valence-electron chi connectivity index (χ0n) is 10.3. The molecule has 0 aromatic heterocycles. The lowest BCUT2D eigenvalue weighted by Gasteiger charge is -2.26. The third-order valence-electron chi connectivity index (χ3n) is 3.18. The van der Waals surface area contributed by atoms with Gasteiger partial charge in [-0.05, 0) is 48.9 Å². The minimum atomic E-state index is 0.502. The van der Waals surface area contributed by atoms with E-state index in [2.05, 4.69) is 24.4 Å². The van der Waals surface area contributed by atoms with Crippen molar-refractivity contribution in [3.8, 4) is 0 Å². The van der Waals surface area contributed by atoms with Crippen LogP contribution in [-0.2, 0) is 0 Å². The molecule has 0 fully saturated rings. The topological polar surface area (TPSA) is 12.0 Å². The van der Waals surface area contributed by atoms with E-state index in [-0.39, 0.29) is 0 Å². The van der Waals surface area contributed by atoms with Gasteiger partial charge in [0.05, 0.1) is 0 Å². The first-order chi connectivity index (χ1) is 8.31. The summed E-state index contributed by atoms with van der Waals surface area (Å²) in [5, 5.41) is 4.52. The molecule has 1 nitrogen and oxygen atoms in total. The molecule has 94 valence electrons. The lowest BCUT2D eigenvalue weighted by molar-refractivity contribution is 0.494. The van der Waals surface area contributed by atoms with Gasteiger partial charge >= 0.3 is 0 Å². The predicted molar refractivity (Wildman–Crippen MR) is 77.1 cm³/mol. The number of thioether (sulfide) groups is 1. The maximum Gasteiger partial charge on any atom is 0.0410 e. The Balaban J connectivity index is 1.98. The predicted octanol–water partition coefficient (Wildman–Crippen LogP) is 4.66. The van der Waals surface area contributed by atoms with Crippen molar-refractivity contribution in [3.63, 3.8) is 0 Å². The van der Waals surface area contributed by atoms with Gasteiger partial charge in [-0.15, -0.1) is 11.8 Å². The maximum atomic E-state index is 6.09. The van der Waals surface area contributed by atoms with Gasteiger partial charge in [0.25, 0.3) is 0 Å². The third kappa shape index (κ3) is 3.64. The van der Waals surface area contributed by atoms with E-state index in [1.165, 1.54) is 41.9 Å². The Morgan fingerprint density at radius 3 is 3.12 bits per heavy atom. The van der Waals surface area contributed by atoms with Gasteiger partial charge in [-0.25, -0.2) is 0 Å². The molecule has 0 spiro atoms. The standard InChI is InChI=1S/C14H20ClNS/c1-2-3-4-8-16-13-7-9-17-14-6-5-11(15)10-12(13)14/h5-6,10,13,16H,2-4,7-9H2,1H3. The summed E-state index contributed by atoms with van der Waals surface area (Å²) in [5.41, 5.74) is 1.39. The van der Waals surface area contributed by atoms with Crippen LogP contribution in [0.1, 0.15) is 44.2 Å². The molecule has 0 bridgehead atoms. The van der Waals surface area contributed by atoms with Crippen LogP contribution in [-0.4, -0.2) is 12.3 Å². The fraction of sp³-hybridized carbons (Fsp3) is 0.571. The van der Waals surface area contributed by atoms with E-state index in [9.17, 15) is 0 Å². The highest BCUT2D eigenvalue weighted by molar-refractivity contribution is 7.99. The molecule has 0 amide bonds. The van der Waals surface area contributed by atoms with Gasteiger partial charge in [0.1, 0.15) is 0 Å². The van der Waals surface area contributed by atoms with Gasteiger partial charge < -0.3 is 5.32 Å². The highest BCUT2D eigenvalue weighted by Gasteiger charge is 2.20. The number of fused-ring (bicyclic) bond motifs is 1. The Morgan fingerprint density at radius 1 is 1.41 bits per heavy atom. The van der Waals surface area contributed by atoms with Crippen LogP contribution in [0.4, 0.5) is 0 Å². The fourth-order valence-corrected chi connectivity index (χ4v) is 3.51. The van der Waals surface area contributed by atoms with Crippen molar-refractivity contribution >= 4 is 23.4 Å². The Morgan fingerprint density at radius 2 is 2.29 bits per heavy atom. The van der Waals surface area contributed by atoms with Gasteiger partial charge in [0.15, 0.2) is 0 Å². The van der Waals surface area contributed by atoms with Crippen molar-refractivity contribution in [1.29, 1.82) is 0 Å². The van der Waals surface area contributed by atoms with E-state index < -0.39 is 0 Å². The fourth-order valence-electron chi connectivity index (χ4n) is 2.23. The lowest BCUT2D eigenvalue weighted by Crippen LogP contribution is -2.25. The smallest absolute Gasteiger partial charge is 0.0410 e. The van der Waals surface area contributed by atoms with Gasteiger partial charge in [0, 0.05) is 16.0 Å². The van der Waals surface area contributed by atoms with Crippen molar-refractivity contribution in [2.75, 3.05) is 12.3 Å². The highest BCUT2D eigenvalue weighted by atomic mass is 35.5. The van der Waals surface area contributed by atoms with Crippen molar-refractivity contribution < 1.29 is 0 Å². The zero-order valence-corrected chi connectivity index (χ0v) is 11.9. The summed E-state index contributed by atoms with van der Waals surface area (Å²) in [6.45, 7) is 3.36. The Labute approximate surface area is 113 Å². The van der Waals surface area contributed by atoms with Crippen LogP contribution >= 0.6 is 23.4 Å². The zero-order chi connectivity index (χ0) is 12.1. The SMILES string of the molecule is CCCCCNC1CCSc2ccc(Cl)cc21. The van der Waals surface area contributed by atoms with Crippen molar-refractivity contribution in [2.45, 2.75) is 43.5 Å². The first kappa shape index (κ1) is 13.3. The number of unbranched alkanes of at least 4 members (excludes halogenated alkanes) is 2. The molecule has 0 saturated carbocycles. The molecule has 1 aliphatic rings. The number of rotatable bonds is 5. The van der Waals surface area contributed by atoms with Crippen LogP contribution in [0.2, 0.25) is 5.02 Å². The normalized spacial score (nSPS) is 19.1. The molecule has 0 aliphatic carbocycles. The molecule has 1 atom stereocenters. The summed E-state index contributed by atoms with van der Waals surface area (Å²) in [6.07, 6.45) is 5.08. The summed E-state index contributed by atoms with van der Waals surface area (Å²) in [7, 11) is 0. The van der Waals surface area contributed by atoms with E-state index in [1.54, 1.807) is 0 Å². The van der Waals surface area contributed by atoms with Crippen LogP contribution in [0.25, 0.3) is 0 Å². The van der Waals surface area contributed by atoms with E-state index in [0.717, 1.165) is 11.6 Å². The molecule has 3 heteroatoms. The van der Waals surface area contributed by atoms with Crippen LogP contribution in [0, 0.1) is 0 Å². The molecule has 17 heavy (non-hydrogen) atoms. The summed E-state index contributed by atoms with van der Waals surface area (Å²) >= 11 is 8.03. The molecular weight excluding hydrogens is 250 g/mol. The summed E-state index contributed by atoms with van der Waals surface area (Å²) in [6, 6.07) is 6.78. The average Bonchev–Trinajstić information content (AvgIpc) is 2.35. The van der Waals surface area contributed by atoms with E-state index in [1.807, 2.05) is 17.8 Å². The number of nitrogens with one attached hydrogen (secondary N) is 1. The molecule has 1 aromatic carbocycles. The second-order valence-corrected chi connectivity index (χ2v) is 6.11. The van der Waals surface area contributed by atoms with Gasteiger partial charge in [0.2, 0.25) is 0 Å². The molecule has 0 radical (unpaired) electrons. The highest BCUT2D eigenvalue weighted by Crippen LogP contribution is 2.37. The first-order valence-corrected chi connectivity index (χ1v) is 7.83. The number of benzene rings is 1. The number of halogens is 1. The molecule has 0 saturated heterocycles. The number of hydrogen-bond donors (Lipinski definition) is 1. The Hall–Kier alpha value is -0.180. The lowest BCUT2D eigenvalue weighted by atomic mass is 10.0. The molecular formula is C14H20ClNS. The van der Waals surface area contributed by atoms with Crippen molar-refractivity contribution in [1.82, 2.24) is 5.32 Å². The van der Waals surface area contributed by atoms with E-state index >= 15 is 0 Å². The summed E-state index contributed by atoms with van der Waals surface area (Å²) in [4.78, 5) is 1.40. The van der Waals surface area contributed by atoms with Crippen LogP contribution in [0.5, 0.6) is 0 Å². The number of hydrogen-bond acceptors (Lipinski definition) is 2. The van der Waals surface area contributed by atoms with E-state index in [4.69, 9.17) is 11.6 Å². The molecule has 1 aromatic rings. The van der Waals surface area contributed by atoms with Crippen molar-refractivity contribution in [2.24, 2.45) is 0 Å². The quantitative estimate of drug-likeness (QED) is 0.781. The average molecular weight is 270 g/mol. The second kappa shape index (κ2) is 6.67. The molecule has 2 rings (SSSR count). The maximum absolute atomic E-state index is 6.09. The van der Waals surface area contributed by atoms with Gasteiger partial charge in [-0.3, -0.25) is 0 Å². The van der Waals surface area contributed by atoms with Gasteiger partial charge in [-0.1, -0.05) is 31.4 Å². The first-order valence-electron chi connectivity index (χ1n) is 6.47. The molecule has 1 heterocycles. The molecule has 1 unspecified atom stereocenters. The summed E-state index contributed by atoms with van der Waals surface area (Å²) in [5.74, 6) is 1.21. The van der Waals surface area contributed by atoms with Crippen molar-refractivity contribution in [3.05, 3.63) is 28.8 Å².